The Morgan fingerprint density at radius 2 is 2.00 bits per heavy atom. The molecule has 0 saturated carbocycles. The lowest BCUT2D eigenvalue weighted by Gasteiger charge is -2.11. The maximum Gasteiger partial charge on any atom is 0.291 e. The van der Waals surface area contributed by atoms with Crippen molar-refractivity contribution < 1.29 is 18.7 Å². The first-order chi connectivity index (χ1) is 11.1. The monoisotopic (exact) mass is 317 g/mol. The molecular weight excluding hydrogens is 298 g/mol. The van der Waals surface area contributed by atoms with Crippen molar-refractivity contribution in [3.05, 3.63) is 54.0 Å². The van der Waals surface area contributed by atoms with Gasteiger partial charge in [0, 0.05) is 19.3 Å². The molecule has 7 heteroatoms. The molecule has 2 amide bonds. The van der Waals surface area contributed by atoms with E-state index in [1.807, 2.05) is 0 Å². The van der Waals surface area contributed by atoms with Crippen LogP contribution >= 0.6 is 0 Å². The minimum absolute atomic E-state index is 0.170. The smallest absolute Gasteiger partial charge is 0.291 e. The van der Waals surface area contributed by atoms with Gasteiger partial charge in [-0.1, -0.05) is 12.1 Å². The molecule has 0 spiro atoms. The molecule has 23 heavy (non-hydrogen) atoms. The van der Waals surface area contributed by atoms with Crippen molar-refractivity contribution in [1.29, 1.82) is 0 Å². The van der Waals surface area contributed by atoms with Gasteiger partial charge in [-0.3, -0.25) is 9.59 Å². The van der Waals surface area contributed by atoms with E-state index < -0.39 is 6.04 Å². The number of anilines is 1. The summed E-state index contributed by atoms with van der Waals surface area (Å²) in [6, 6.07) is 9.65. The first-order valence-corrected chi connectivity index (χ1v) is 7.06. The number of carbonyl (C=O) groups is 2. The van der Waals surface area contributed by atoms with Gasteiger partial charge in [0.05, 0.1) is 12.9 Å². The van der Waals surface area contributed by atoms with Gasteiger partial charge in [0.25, 0.3) is 5.91 Å². The number of furan rings is 1. The maximum absolute atomic E-state index is 11.8. The average molecular weight is 317 g/mol. The lowest BCUT2D eigenvalue weighted by molar-refractivity contribution is -0.123. The van der Waals surface area contributed by atoms with Crippen LogP contribution < -0.4 is 16.4 Å². The van der Waals surface area contributed by atoms with Crippen molar-refractivity contribution in [2.24, 2.45) is 5.73 Å². The number of amides is 2. The zero-order chi connectivity index (χ0) is 16.7. The molecule has 7 nitrogen and oxygen atoms in total. The van der Waals surface area contributed by atoms with Crippen molar-refractivity contribution in [2.75, 3.05) is 19.0 Å². The van der Waals surface area contributed by atoms with Gasteiger partial charge < -0.3 is 25.5 Å². The number of methoxy groups -OCH3 is 1. The van der Waals surface area contributed by atoms with Gasteiger partial charge >= 0.3 is 0 Å². The molecule has 0 saturated heterocycles. The topological polar surface area (TPSA) is 107 Å². The van der Waals surface area contributed by atoms with Gasteiger partial charge in [0.2, 0.25) is 5.91 Å². The number of hydrogen-bond donors (Lipinski definition) is 3. The Kier molecular flexibility index (Phi) is 5.90. The molecule has 1 aromatic heterocycles. The summed E-state index contributed by atoms with van der Waals surface area (Å²) < 4.78 is 9.84. The highest BCUT2D eigenvalue weighted by atomic mass is 16.5. The second-order valence-electron chi connectivity index (χ2n) is 4.91. The van der Waals surface area contributed by atoms with Crippen LogP contribution in [0.25, 0.3) is 0 Å². The Balaban J connectivity index is 1.85. The zero-order valence-corrected chi connectivity index (χ0v) is 12.7. The molecule has 0 bridgehead atoms. The molecule has 1 aromatic carbocycles. The van der Waals surface area contributed by atoms with Crippen LogP contribution in [0.2, 0.25) is 0 Å². The molecule has 0 fully saturated rings. The number of hydrogen-bond acceptors (Lipinski definition) is 5. The Bertz CT molecular complexity index is 638. The molecule has 1 unspecified atom stereocenters. The van der Waals surface area contributed by atoms with Crippen LogP contribution in [0.1, 0.15) is 16.1 Å². The summed E-state index contributed by atoms with van der Waals surface area (Å²) in [5.74, 6) is -0.350. The average Bonchev–Trinajstić information content (AvgIpc) is 3.08. The van der Waals surface area contributed by atoms with Crippen molar-refractivity contribution >= 4 is 17.5 Å². The van der Waals surface area contributed by atoms with E-state index in [1.165, 1.54) is 13.4 Å². The summed E-state index contributed by atoms with van der Waals surface area (Å²) in [6.07, 6.45) is 1.44. The summed E-state index contributed by atoms with van der Waals surface area (Å²) >= 11 is 0. The van der Waals surface area contributed by atoms with Gasteiger partial charge in [-0.15, -0.1) is 0 Å². The van der Waals surface area contributed by atoms with Crippen LogP contribution in [-0.4, -0.2) is 31.6 Å². The summed E-state index contributed by atoms with van der Waals surface area (Å²) in [5, 5.41) is 5.43. The Labute approximate surface area is 133 Å². The van der Waals surface area contributed by atoms with Crippen molar-refractivity contribution in [3.63, 3.8) is 0 Å². The molecule has 0 radical (unpaired) electrons. The van der Waals surface area contributed by atoms with E-state index in [0.717, 1.165) is 5.56 Å². The summed E-state index contributed by atoms with van der Waals surface area (Å²) in [6.45, 7) is 0.520. The Morgan fingerprint density at radius 1 is 1.26 bits per heavy atom. The largest absolute Gasteiger partial charge is 0.459 e. The zero-order valence-electron chi connectivity index (χ0n) is 12.7. The van der Waals surface area contributed by atoms with E-state index in [2.05, 4.69) is 10.6 Å². The van der Waals surface area contributed by atoms with E-state index >= 15 is 0 Å². The Hall–Kier alpha value is -2.64. The molecule has 0 aliphatic heterocycles. The number of ether oxygens (including phenoxy) is 1. The SMILES string of the molecule is COCC(N)C(=O)NCc1ccc(NC(=O)c2ccco2)cc1. The van der Waals surface area contributed by atoms with Gasteiger partial charge in [0.1, 0.15) is 6.04 Å². The first-order valence-electron chi connectivity index (χ1n) is 7.06. The maximum atomic E-state index is 11.8. The van der Waals surface area contributed by atoms with Crippen LogP contribution in [0.5, 0.6) is 0 Å². The quantitative estimate of drug-likeness (QED) is 0.709. The lowest BCUT2D eigenvalue weighted by Crippen LogP contribution is -2.43. The molecule has 0 aliphatic rings. The van der Waals surface area contributed by atoms with E-state index in [-0.39, 0.29) is 24.2 Å². The molecule has 1 heterocycles. The van der Waals surface area contributed by atoms with Gasteiger partial charge in [-0.05, 0) is 29.8 Å². The molecule has 2 rings (SSSR count). The fourth-order valence-electron chi connectivity index (χ4n) is 1.88. The van der Waals surface area contributed by atoms with Crippen molar-refractivity contribution in [1.82, 2.24) is 5.32 Å². The van der Waals surface area contributed by atoms with Crippen LogP contribution in [-0.2, 0) is 16.1 Å². The summed E-state index contributed by atoms with van der Waals surface area (Å²) in [7, 11) is 1.49. The van der Waals surface area contributed by atoms with E-state index in [9.17, 15) is 9.59 Å². The highest BCUT2D eigenvalue weighted by molar-refractivity contribution is 6.02. The third kappa shape index (κ3) is 4.94. The standard InChI is InChI=1S/C16H19N3O4/c1-22-10-13(17)15(20)18-9-11-4-6-12(7-5-11)19-16(21)14-3-2-8-23-14/h2-8,13H,9-10,17H2,1H3,(H,18,20)(H,19,21). The molecular formula is C16H19N3O4. The predicted molar refractivity (Wildman–Crippen MR) is 84.8 cm³/mol. The van der Waals surface area contributed by atoms with E-state index in [1.54, 1.807) is 36.4 Å². The fourth-order valence-corrected chi connectivity index (χ4v) is 1.88. The second-order valence-corrected chi connectivity index (χ2v) is 4.91. The van der Waals surface area contributed by atoms with Crippen LogP contribution in [0, 0.1) is 0 Å². The van der Waals surface area contributed by atoms with Gasteiger partial charge in [-0.2, -0.15) is 0 Å². The van der Waals surface area contributed by atoms with Gasteiger partial charge in [-0.25, -0.2) is 0 Å². The number of carbonyl (C=O) groups excluding carboxylic acids is 2. The molecule has 0 aliphatic carbocycles. The van der Waals surface area contributed by atoms with Gasteiger partial charge in [0.15, 0.2) is 5.76 Å². The third-order valence-electron chi connectivity index (χ3n) is 3.11. The number of rotatable bonds is 7. The number of nitrogens with one attached hydrogen (secondary N) is 2. The van der Waals surface area contributed by atoms with E-state index in [0.29, 0.717) is 12.2 Å². The molecule has 122 valence electrons. The predicted octanol–water partition coefficient (Wildman–Crippen LogP) is 1.12. The van der Waals surface area contributed by atoms with Crippen molar-refractivity contribution in [3.8, 4) is 0 Å². The molecule has 4 N–H and O–H groups in total. The summed E-state index contributed by atoms with van der Waals surface area (Å²) in [4.78, 5) is 23.5. The fraction of sp³-hybridized carbons (Fsp3) is 0.250. The van der Waals surface area contributed by atoms with Crippen LogP contribution in [0.3, 0.4) is 0 Å². The first kappa shape index (κ1) is 16.7. The highest BCUT2D eigenvalue weighted by Gasteiger charge is 2.12. The van der Waals surface area contributed by atoms with Crippen molar-refractivity contribution in [2.45, 2.75) is 12.6 Å². The lowest BCUT2D eigenvalue weighted by atomic mass is 10.2. The second kappa shape index (κ2) is 8.11. The number of benzene rings is 1. The van der Waals surface area contributed by atoms with Crippen LogP contribution in [0.15, 0.2) is 47.1 Å². The Morgan fingerprint density at radius 3 is 2.61 bits per heavy atom. The third-order valence-corrected chi connectivity index (χ3v) is 3.11. The number of nitrogens with two attached hydrogens (primary N) is 1. The molecule has 2 aromatic rings. The normalized spacial score (nSPS) is 11.7. The molecule has 1 atom stereocenters. The summed E-state index contributed by atoms with van der Waals surface area (Å²) in [5.41, 5.74) is 7.15. The van der Waals surface area contributed by atoms with Crippen LogP contribution in [0.4, 0.5) is 5.69 Å². The highest BCUT2D eigenvalue weighted by Crippen LogP contribution is 2.11. The van der Waals surface area contributed by atoms with E-state index in [4.69, 9.17) is 14.9 Å². The minimum atomic E-state index is -0.688. The minimum Gasteiger partial charge on any atom is -0.459 e.